The van der Waals surface area contributed by atoms with Gasteiger partial charge in [-0.1, -0.05) is 6.92 Å². The molecule has 0 saturated heterocycles. The summed E-state index contributed by atoms with van der Waals surface area (Å²) >= 11 is 1.18. The highest BCUT2D eigenvalue weighted by atomic mass is 32.2. The van der Waals surface area contributed by atoms with Crippen LogP contribution in [-0.2, 0) is 14.8 Å². The SMILES string of the molecule is CCCNS(=O)(=O)c1ccc(SC(C)(C)C(=O)O)cc1. The third kappa shape index (κ3) is 4.50. The van der Waals surface area contributed by atoms with Crippen LogP contribution in [0.5, 0.6) is 0 Å². The predicted molar refractivity (Wildman–Crippen MR) is 79.5 cm³/mol. The molecule has 0 atom stereocenters. The number of hydrogen-bond donors (Lipinski definition) is 2. The van der Waals surface area contributed by atoms with Gasteiger partial charge in [-0.25, -0.2) is 13.1 Å². The molecule has 0 fully saturated rings. The Balaban J connectivity index is 2.87. The van der Waals surface area contributed by atoms with Crippen molar-refractivity contribution in [3.8, 4) is 0 Å². The van der Waals surface area contributed by atoms with Gasteiger partial charge in [-0.2, -0.15) is 0 Å². The lowest BCUT2D eigenvalue weighted by Gasteiger charge is -2.18. The minimum atomic E-state index is -3.47. The fourth-order valence-electron chi connectivity index (χ4n) is 1.34. The van der Waals surface area contributed by atoms with Crippen LogP contribution in [0.25, 0.3) is 0 Å². The number of nitrogens with one attached hydrogen (secondary N) is 1. The summed E-state index contributed by atoms with van der Waals surface area (Å²) in [5, 5.41) is 9.06. The van der Waals surface area contributed by atoms with Gasteiger partial charge in [0.15, 0.2) is 0 Å². The highest BCUT2D eigenvalue weighted by Crippen LogP contribution is 2.33. The van der Waals surface area contributed by atoms with E-state index in [-0.39, 0.29) is 4.90 Å². The fourth-order valence-corrected chi connectivity index (χ4v) is 3.43. The molecule has 0 aromatic heterocycles. The maximum atomic E-state index is 11.9. The lowest BCUT2D eigenvalue weighted by atomic mass is 10.2. The number of carbonyl (C=O) groups is 1. The number of benzene rings is 1. The summed E-state index contributed by atoms with van der Waals surface area (Å²) in [5.74, 6) is -0.913. The Bertz CT molecular complexity index is 565. The summed E-state index contributed by atoms with van der Waals surface area (Å²) in [5.41, 5.74) is 0. The summed E-state index contributed by atoms with van der Waals surface area (Å²) in [6.07, 6.45) is 0.722. The van der Waals surface area contributed by atoms with E-state index in [1.165, 1.54) is 23.9 Å². The molecule has 20 heavy (non-hydrogen) atoms. The molecule has 1 aromatic rings. The fraction of sp³-hybridized carbons (Fsp3) is 0.462. The van der Waals surface area contributed by atoms with Gasteiger partial charge >= 0.3 is 5.97 Å². The lowest BCUT2D eigenvalue weighted by Crippen LogP contribution is -2.27. The van der Waals surface area contributed by atoms with E-state index in [2.05, 4.69) is 4.72 Å². The molecule has 0 aliphatic carbocycles. The van der Waals surface area contributed by atoms with E-state index in [0.29, 0.717) is 11.4 Å². The van der Waals surface area contributed by atoms with Crippen molar-refractivity contribution >= 4 is 27.8 Å². The van der Waals surface area contributed by atoms with Crippen molar-refractivity contribution < 1.29 is 18.3 Å². The van der Waals surface area contributed by atoms with Crippen molar-refractivity contribution in [2.45, 2.75) is 41.7 Å². The minimum absolute atomic E-state index is 0.184. The van der Waals surface area contributed by atoms with Gasteiger partial charge in [-0.15, -0.1) is 11.8 Å². The number of carboxylic acid groups (broad SMARTS) is 1. The zero-order valence-corrected chi connectivity index (χ0v) is 13.3. The largest absolute Gasteiger partial charge is 0.480 e. The molecule has 1 aromatic carbocycles. The van der Waals surface area contributed by atoms with Gasteiger partial charge in [-0.05, 0) is 44.5 Å². The van der Waals surface area contributed by atoms with Gasteiger partial charge in [0.1, 0.15) is 4.75 Å². The zero-order chi connectivity index (χ0) is 15.4. The number of thioether (sulfide) groups is 1. The van der Waals surface area contributed by atoms with Crippen molar-refractivity contribution in [1.29, 1.82) is 0 Å². The van der Waals surface area contributed by atoms with E-state index in [1.807, 2.05) is 6.92 Å². The highest BCUT2D eigenvalue weighted by molar-refractivity contribution is 8.01. The van der Waals surface area contributed by atoms with Crippen molar-refractivity contribution in [2.24, 2.45) is 0 Å². The van der Waals surface area contributed by atoms with Gasteiger partial charge in [0.05, 0.1) is 4.90 Å². The average Bonchev–Trinajstić information content (AvgIpc) is 2.36. The molecule has 2 N–H and O–H groups in total. The predicted octanol–water partition coefficient (Wildman–Crippen LogP) is 2.33. The molecule has 0 aliphatic rings. The van der Waals surface area contributed by atoms with Gasteiger partial charge in [0, 0.05) is 11.4 Å². The second-order valence-electron chi connectivity index (χ2n) is 4.79. The Morgan fingerprint density at radius 2 is 1.85 bits per heavy atom. The van der Waals surface area contributed by atoms with Crippen LogP contribution >= 0.6 is 11.8 Å². The Hall–Kier alpha value is -1.05. The second kappa shape index (κ2) is 6.60. The molecule has 1 rings (SSSR count). The molecule has 0 radical (unpaired) electrons. The summed E-state index contributed by atoms with van der Waals surface area (Å²) < 4.78 is 25.3. The summed E-state index contributed by atoms with van der Waals surface area (Å²) in [7, 11) is -3.47. The highest BCUT2D eigenvalue weighted by Gasteiger charge is 2.28. The first-order valence-corrected chi connectivity index (χ1v) is 8.51. The maximum Gasteiger partial charge on any atom is 0.319 e. The van der Waals surface area contributed by atoms with E-state index >= 15 is 0 Å². The van der Waals surface area contributed by atoms with Crippen LogP contribution in [0.15, 0.2) is 34.1 Å². The van der Waals surface area contributed by atoms with Crippen LogP contribution in [0.1, 0.15) is 27.2 Å². The Morgan fingerprint density at radius 3 is 2.30 bits per heavy atom. The quantitative estimate of drug-likeness (QED) is 0.754. The molecule has 0 saturated carbocycles. The molecule has 0 amide bonds. The third-order valence-electron chi connectivity index (χ3n) is 2.56. The molecule has 0 heterocycles. The van der Waals surface area contributed by atoms with Crippen molar-refractivity contribution in [3.05, 3.63) is 24.3 Å². The Morgan fingerprint density at radius 1 is 1.30 bits per heavy atom. The van der Waals surface area contributed by atoms with Gasteiger partial charge in [0.2, 0.25) is 10.0 Å². The van der Waals surface area contributed by atoms with Crippen LogP contribution < -0.4 is 4.72 Å². The van der Waals surface area contributed by atoms with E-state index in [4.69, 9.17) is 5.11 Å². The molecule has 0 unspecified atom stereocenters. The van der Waals surface area contributed by atoms with Crippen molar-refractivity contribution in [1.82, 2.24) is 4.72 Å². The smallest absolute Gasteiger partial charge is 0.319 e. The van der Waals surface area contributed by atoms with Crippen LogP contribution in [0, 0.1) is 0 Å². The van der Waals surface area contributed by atoms with E-state index in [1.54, 1.807) is 26.0 Å². The maximum absolute atomic E-state index is 11.9. The molecule has 5 nitrogen and oxygen atoms in total. The number of carboxylic acids is 1. The topological polar surface area (TPSA) is 83.5 Å². The first kappa shape index (κ1) is 17.0. The van der Waals surface area contributed by atoms with Crippen molar-refractivity contribution in [2.75, 3.05) is 6.54 Å². The first-order valence-electron chi connectivity index (χ1n) is 6.21. The van der Waals surface area contributed by atoms with Crippen LogP contribution in [-0.4, -0.2) is 30.8 Å². The van der Waals surface area contributed by atoms with E-state index in [9.17, 15) is 13.2 Å². The standard InChI is InChI=1S/C13H19NO4S2/c1-4-9-14-20(17,18)11-7-5-10(6-8-11)19-13(2,3)12(15)16/h5-8,14H,4,9H2,1-3H3,(H,15,16). The Kier molecular flexibility index (Phi) is 5.61. The molecule has 112 valence electrons. The third-order valence-corrected chi connectivity index (χ3v) is 5.23. The van der Waals surface area contributed by atoms with Crippen LogP contribution in [0.4, 0.5) is 0 Å². The molecular weight excluding hydrogens is 298 g/mol. The van der Waals surface area contributed by atoms with Crippen LogP contribution in [0.3, 0.4) is 0 Å². The van der Waals surface area contributed by atoms with Crippen molar-refractivity contribution in [3.63, 3.8) is 0 Å². The number of rotatable bonds is 7. The summed E-state index contributed by atoms with van der Waals surface area (Å²) in [6, 6.07) is 6.21. The normalized spacial score (nSPS) is 12.3. The van der Waals surface area contributed by atoms with Gasteiger partial charge in [0.25, 0.3) is 0 Å². The molecule has 0 spiro atoms. The van der Waals surface area contributed by atoms with Gasteiger partial charge in [-0.3, -0.25) is 4.79 Å². The second-order valence-corrected chi connectivity index (χ2v) is 8.25. The summed E-state index contributed by atoms with van der Waals surface area (Å²) in [4.78, 5) is 11.9. The van der Waals surface area contributed by atoms with Crippen LogP contribution in [0.2, 0.25) is 0 Å². The summed E-state index contributed by atoms with van der Waals surface area (Å²) in [6.45, 7) is 5.49. The molecule has 0 bridgehead atoms. The average molecular weight is 317 g/mol. The lowest BCUT2D eigenvalue weighted by molar-refractivity contribution is -0.138. The zero-order valence-electron chi connectivity index (χ0n) is 11.7. The van der Waals surface area contributed by atoms with E-state index in [0.717, 1.165) is 6.42 Å². The van der Waals surface area contributed by atoms with E-state index < -0.39 is 20.7 Å². The molecule has 7 heteroatoms. The first-order chi connectivity index (χ1) is 9.19. The Labute approximate surface area is 123 Å². The monoisotopic (exact) mass is 317 g/mol. The van der Waals surface area contributed by atoms with Gasteiger partial charge < -0.3 is 5.11 Å². The molecule has 0 aliphatic heterocycles. The number of aliphatic carboxylic acids is 1. The minimum Gasteiger partial charge on any atom is -0.480 e. The number of sulfonamides is 1. The molecular formula is C13H19NO4S2. The number of hydrogen-bond acceptors (Lipinski definition) is 4.